The van der Waals surface area contributed by atoms with Gasteiger partial charge in [0.25, 0.3) is 15.9 Å². The lowest BCUT2D eigenvalue weighted by Gasteiger charge is -2.16. The van der Waals surface area contributed by atoms with Crippen LogP contribution in [0.1, 0.15) is 32.3 Å². The number of carbonyl (C=O) groups is 1. The molecule has 0 heterocycles. The van der Waals surface area contributed by atoms with Crippen molar-refractivity contribution in [3.05, 3.63) is 46.4 Å². The number of benzene rings is 2. The average molecular weight is 499 g/mol. The first-order valence-electron chi connectivity index (χ1n) is 9.57. The van der Waals surface area contributed by atoms with Gasteiger partial charge in [-0.1, -0.05) is 19.4 Å². The van der Waals surface area contributed by atoms with Gasteiger partial charge in [0, 0.05) is 16.8 Å². The number of methoxy groups -OCH3 is 1. The Bertz CT molecular complexity index is 995. The maximum Gasteiger partial charge on any atom is 0.265 e. The Morgan fingerprint density at radius 3 is 2.60 bits per heavy atom. The standard InChI is InChI=1S/C21H27BrN2O5S/c1-5-6-11-29-15(3)21(25)23-16-8-10-19(28-4)20(13-16)30(26,27)24-18-12-14(2)7-9-17(18)22/h7-10,12-13,15,24H,5-6,11H2,1-4H3,(H,23,25). The minimum atomic E-state index is -3.98. The second-order valence-corrected chi connectivity index (χ2v) is 9.32. The summed E-state index contributed by atoms with van der Waals surface area (Å²) < 4.78 is 40.0. The van der Waals surface area contributed by atoms with Crippen molar-refractivity contribution in [1.29, 1.82) is 0 Å². The number of rotatable bonds is 10. The summed E-state index contributed by atoms with van der Waals surface area (Å²) in [4.78, 5) is 12.3. The molecule has 1 amide bonds. The molecule has 0 aliphatic heterocycles. The van der Waals surface area contributed by atoms with Crippen molar-refractivity contribution in [2.24, 2.45) is 0 Å². The molecule has 0 aliphatic carbocycles. The molecule has 2 aromatic rings. The first-order valence-corrected chi connectivity index (χ1v) is 11.8. The lowest BCUT2D eigenvalue weighted by atomic mass is 10.2. The molecule has 0 spiro atoms. The van der Waals surface area contributed by atoms with Crippen molar-refractivity contribution in [2.45, 2.75) is 44.6 Å². The Labute approximate surface area is 186 Å². The van der Waals surface area contributed by atoms with Gasteiger partial charge >= 0.3 is 0 Å². The van der Waals surface area contributed by atoms with E-state index in [1.807, 2.05) is 19.9 Å². The van der Waals surface area contributed by atoms with E-state index in [1.54, 1.807) is 25.1 Å². The number of carbonyl (C=O) groups excluding carboxylic acids is 1. The minimum absolute atomic E-state index is 0.0873. The Balaban J connectivity index is 2.26. The molecular weight excluding hydrogens is 472 g/mol. The normalized spacial score (nSPS) is 12.3. The van der Waals surface area contributed by atoms with Crippen LogP contribution < -0.4 is 14.8 Å². The van der Waals surface area contributed by atoms with Crippen LogP contribution in [0.5, 0.6) is 5.75 Å². The lowest BCUT2D eigenvalue weighted by Crippen LogP contribution is -2.28. The summed E-state index contributed by atoms with van der Waals surface area (Å²) >= 11 is 3.35. The summed E-state index contributed by atoms with van der Waals surface area (Å²) in [5.74, 6) is -0.189. The van der Waals surface area contributed by atoms with E-state index in [0.29, 0.717) is 22.5 Å². The number of nitrogens with one attached hydrogen (secondary N) is 2. The smallest absolute Gasteiger partial charge is 0.265 e. The maximum absolute atomic E-state index is 13.0. The van der Waals surface area contributed by atoms with Crippen LogP contribution >= 0.6 is 15.9 Å². The van der Waals surface area contributed by atoms with Gasteiger partial charge in [0.15, 0.2) is 0 Å². The third kappa shape index (κ3) is 6.45. The number of anilines is 2. The zero-order chi connectivity index (χ0) is 22.3. The predicted octanol–water partition coefficient (Wildman–Crippen LogP) is 4.71. The van der Waals surface area contributed by atoms with E-state index in [-0.39, 0.29) is 16.6 Å². The second kappa shape index (κ2) is 10.8. The highest BCUT2D eigenvalue weighted by Crippen LogP contribution is 2.31. The summed E-state index contributed by atoms with van der Waals surface area (Å²) in [6, 6.07) is 9.79. The second-order valence-electron chi connectivity index (χ2n) is 6.81. The van der Waals surface area contributed by atoms with Gasteiger partial charge in [-0.15, -0.1) is 0 Å². The first kappa shape index (κ1) is 24.2. The van der Waals surface area contributed by atoms with Gasteiger partial charge in [0.1, 0.15) is 16.7 Å². The highest BCUT2D eigenvalue weighted by Gasteiger charge is 2.22. The van der Waals surface area contributed by atoms with Gasteiger partial charge in [-0.3, -0.25) is 9.52 Å². The lowest BCUT2D eigenvalue weighted by molar-refractivity contribution is -0.126. The number of hydrogen-bond acceptors (Lipinski definition) is 5. The number of sulfonamides is 1. The molecule has 9 heteroatoms. The molecule has 2 rings (SSSR count). The molecule has 0 bridgehead atoms. The molecule has 30 heavy (non-hydrogen) atoms. The third-order valence-electron chi connectivity index (χ3n) is 4.32. The summed E-state index contributed by atoms with van der Waals surface area (Å²) in [7, 11) is -2.59. The molecule has 2 aromatic carbocycles. The summed E-state index contributed by atoms with van der Waals surface area (Å²) in [6.07, 6.45) is 1.18. The van der Waals surface area contributed by atoms with E-state index in [1.165, 1.54) is 19.2 Å². The molecule has 2 N–H and O–H groups in total. The number of unbranched alkanes of at least 4 members (excludes halogenated alkanes) is 1. The van der Waals surface area contributed by atoms with Gasteiger partial charge in [-0.2, -0.15) is 0 Å². The van der Waals surface area contributed by atoms with Crippen LogP contribution in [0, 0.1) is 6.92 Å². The summed E-state index contributed by atoms with van der Waals surface area (Å²) in [5, 5.41) is 2.70. The Morgan fingerprint density at radius 1 is 1.20 bits per heavy atom. The molecule has 0 fully saturated rings. The van der Waals surface area contributed by atoms with Crippen LogP contribution in [0.15, 0.2) is 45.8 Å². The number of aryl methyl sites for hydroxylation is 1. The minimum Gasteiger partial charge on any atom is -0.495 e. The molecule has 164 valence electrons. The van der Waals surface area contributed by atoms with Crippen molar-refractivity contribution in [1.82, 2.24) is 0 Å². The van der Waals surface area contributed by atoms with Crippen LogP contribution in [-0.4, -0.2) is 34.1 Å². The number of amides is 1. The van der Waals surface area contributed by atoms with Gasteiger partial charge in [0.05, 0.1) is 12.8 Å². The van der Waals surface area contributed by atoms with Gasteiger partial charge in [-0.25, -0.2) is 8.42 Å². The van der Waals surface area contributed by atoms with Crippen molar-refractivity contribution >= 4 is 43.2 Å². The zero-order valence-corrected chi connectivity index (χ0v) is 19.9. The van der Waals surface area contributed by atoms with Gasteiger partial charge < -0.3 is 14.8 Å². The topological polar surface area (TPSA) is 93.7 Å². The number of halogens is 1. The van der Waals surface area contributed by atoms with E-state index >= 15 is 0 Å². The van der Waals surface area contributed by atoms with Crippen LogP contribution in [0.2, 0.25) is 0 Å². The van der Waals surface area contributed by atoms with Gasteiger partial charge in [0.2, 0.25) is 0 Å². The van der Waals surface area contributed by atoms with E-state index in [4.69, 9.17) is 9.47 Å². The van der Waals surface area contributed by atoms with Crippen molar-refractivity contribution in [3.63, 3.8) is 0 Å². The number of hydrogen-bond donors (Lipinski definition) is 2. The zero-order valence-electron chi connectivity index (χ0n) is 17.5. The van der Waals surface area contributed by atoms with E-state index in [9.17, 15) is 13.2 Å². The number of ether oxygens (including phenoxy) is 2. The fraction of sp³-hybridized carbons (Fsp3) is 0.381. The van der Waals surface area contributed by atoms with Crippen LogP contribution in [0.25, 0.3) is 0 Å². The first-order chi connectivity index (χ1) is 14.2. The SMILES string of the molecule is CCCCOC(C)C(=O)Nc1ccc(OC)c(S(=O)(=O)Nc2cc(C)ccc2Br)c1. The molecule has 0 radical (unpaired) electrons. The fourth-order valence-electron chi connectivity index (χ4n) is 2.61. The van der Waals surface area contributed by atoms with Gasteiger partial charge in [-0.05, 0) is 72.1 Å². The Kier molecular flexibility index (Phi) is 8.69. The molecule has 0 saturated heterocycles. The van der Waals surface area contributed by atoms with Crippen LogP contribution in [0.3, 0.4) is 0 Å². The molecule has 0 aliphatic rings. The van der Waals surface area contributed by atoms with Crippen LogP contribution in [-0.2, 0) is 19.6 Å². The van der Waals surface area contributed by atoms with Crippen molar-refractivity contribution in [2.75, 3.05) is 23.8 Å². The highest BCUT2D eigenvalue weighted by molar-refractivity contribution is 9.10. The van der Waals surface area contributed by atoms with E-state index in [2.05, 4.69) is 26.0 Å². The molecule has 1 unspecified atom stereocenters. The van der Waals surface area contributed by atoms with Crippen molar-refractivity contribution < 1.29 is 22.7 Å². The molecule has 7 nitrogen and oxygen atoms in total. The monoisotopic (exact) mass is 498 g/mol. The Morgan fingerprint density at radius 2 is 1.93 bits per heavy atom. The van der Waals surface area contributed by atoms with E-state index in [0.717, 1.165) is 18.4 Å². The summed E-state index contributed by atoms with van der Waals surface area (Å²) in [6.45, 7) is 6.05. The Hall–Kier alpha value is -2.10. The third-order valence-corrected chi connectivity index (χ3v) is 6.40. The highest BCUT2D eigenvalue weighted by atomic mass is 79.9. The molecular formula is C21H27BrN2O5S. The maximum atomic E-state index is 13.0. The predicted molar refractivity (Wildman–Crippen MR) is 122 cm³/mol. The van der Waals surface area contributed by atoms with E-state index < -0.39 is 16.1 Å². The summed E-state index contributed by atoms with van der Waals surface area (Å²) in [5.41, 5.74) is 1.64. The average Bonchev–Trinajstić information content (AvgIpc) is 2.70. The largest absolute Gasteiger partial charge is 0.495 e. The quantitative estimate of drug-likeness (QED) is 0.462. The fourth-order valence-corrected chi connectivity index (χ4v) is 4.35. The van der Waals surface area contributed by atoms with Crippen LogP contribution in [0.4, 0.5) is 11.4 Å². The molecule has 0 saturated carbocycles. The molecule has 0 aromatic heterocycles. The van der Waals surface area contributed by atoms with Crippen molar-refractivity contribution in [3.8, 4) is 5.75 Å². The molecule has 1 atom stereocenters.